The van der Waals surface area contributed by atoms with Crippen molar-refractivity contribution in [3.8, 4) is 5.82 Å². The molecule has 2 heterocycles. The highest BCUT2D eigenvalue weighted by molar-refractivity contribution is 6.32. The standard InChI is InChI=1S/C15H12ClF2N5O3/c1-6(20-15(25)26)13-21-8-3-2-7(16)10(12(17)18)11(8)14(24)23(13)9-4-5-19-22-9/h2-6,12,20H,1H3,(H,19,22)(H,25,26). The molecule has 1 unspecified atom stereocenters. The molecular formula is C15H12ClF2N5O3. The van der Waals surface area contributed by atoms with Crippen molar-refractivity contribution >= 4 is 28.6 Å². The number of benzene rings is 1. The summed E-state index contributed by atoms with van der Waals surface area (Å²) in [6, 6.07) is 3.08. The van der Waals surface area contributed by atoms with E-state index < -0.39 is 29.7 Å². The molecule has 0 aliphatic carbocycles. The molecule has 8 nitrogen and oxygen atoms in total. The van der Waals surface area contributed by atoms with E-state index in [4.69, 9.17) is 16.7 Å². The molecule has 0 aliphatic rings. The molecule has 1 amide bonds. The van der Waals surface area contributed by atoms with Gasteiger partial charge >= 0.3 is 6.09 Å². The number of aromatic amines is 1. The van der Waals surface area contributed by atoms with Crippen LogP contribution in [0.2, 0.25) is 5.02 Å². The van der Waals surface area contributed by atoms with Gasteiger partial charge in [-0.15, -0.1) is 0 Å². The average Bonchev–Trinajstić information content (AvgIpc) is 3.07. The summed E-state index contributed by atoms with van der Waals surface area (Å²) in [5, 5.41) is 16.8. The third-order valence-corrected chi connectivity index (χ3v) is 4.05. The largest absolute Gasteiger partial charge is 0.465 e. The molecule has 26 heavy (non-hydrogen) atoms. The quantitative estimate of drug-likeness (QED) is 0.641. The van der Waals surface area contributed by atoms with Gasteiger partial charge in [-0.25, -0.2) is 23.1 Å². The van der Waals surface area contributed by atoms with Crippen LogP contribution in [0.4, 0.5) is 13.6 Å². The Bertz CT molecular complexity index is 1040. The van der Waals surface area contributed by atoms with Crippen LogP contribution in [-0.4, -0.2) is 30.9 Å². The van der Waals surface area contributed by atoms with Crippen LogP contribution in [0.3, 0.4) is 0 Å². The van der Waals surface area contributed by atoms with E-state index in [1.165, 1.54) is 31.3 Å². The molecule has 0 bridgehead atoms. The second-order valence-corrected chi connectivity index (χ2v) is 5.79. The predicted molar refractivity (Wildman–Crippen MR) is 89.0 cm³/mol. The highest BCUT2D eigenvalue weighted by atomic mass is 35.5. The Morgan fingerprint density at radius 2 is 2.12 bits per heavy atom. The zero-order valence-corrected chi connectivity index (χ0v) is 14.0. The van der Waals surface area contributed by atoms with Gasteiger partial charge < -0.3 is 10.4 Å². The van der Waals surface area contributed by atoms with Gasteiger partial charge in [-0.05, 0) is 19.1 Å². The number of hydrogen-bond donors (Lipinski definition) is 3. The predicted octanol–water partition coefficient (Wildman–Crippen LogP) is 3.03. The van der Waals surface area contributed by atoms with Crippen molar-refractivity contribution in [1.29, 1.82) is 0 Å². The number of hydrogen-bond acceptors (Lipinski definition) is 4. The molecule has 3 aromatic rings. The molecule has 1 aromatic carbocycles. The molecular weight excluding hydrogens is 372 g/mol. The SMILES string of the molecule is CC(NC(=O)O)c1nc2ccc(Cl)c(C(F)F)c2c(=O)n1-c1ccn[nH]1. The minimum atomic E-state index is -2.99. The molecule has 136 valence electrons. The number of H-pyrrole nitrogens is 1. The van der Waals surface area contributed by atoms with E-state index in [1.54, 1.807) is 0 Å². The number of amides is 1. The molecule has 0 radical (unpaired) electrons. The van der Waals surface area contributed by atoms with Crippen LogP contribution in [0, 0.1) is 0 Å². The van der Waals surface area contributed by atoms with Crippen LogP contribution < -0.4 is 10.9 Å². The number of carboxylic acid groups (broad SMARTS) is 1. The van der Waals surface area contributed by atoms with Crippen LogP contribution in [0.25, 0.3) is 16.7 Å². The fourth-order valence-electron chi connectivity index (χ4n) is 2.65. The Hall–Kier alpha value is -3.01. The molecule has 3 N–H and O–H groups in total. The molecule has 11 heteroatoms. The zero-order valence-electron chi connectivity index (χ0n) is 13.2. The number of rotatable bonds is 4. The number of alkyl halides is 2. The van der Waals surface area contributed by atoms with Gasteiger partial charge in [0.15, 0.2) is 0 Å². The zero-order chi connectivity index (χ0) is 19.0. The first-order valence-electron chi connectivity index (χ1n) is 7.33. The van der Waals surface area contributed by atoms with Crippen LogP contribution >= 0.6 is 11.6 Å². The van der Waals surface area contributed by atoms with Gasteiger partial charge in [-0.2, -0.15) is 5.10 Å². The summed E-state index contributed by atoms with van der Waals surface area (Å²) >= 11 is 5.85. The van der Waals surface area contributed by atoms with Crippen molar-refractivity contribution in [2.45, 2.75) is 19.4 Å². The van der Waals surface area contributed by atoms with E-state index in [1.807, 2.05) is 0 Å². The molecule has 3 rings (SSSR count). The first-order valence-corrected chi connectivity index (χ1v) is 7.71. The number of nitrogens with one attached hydrogen (secondary N) is 2. The van der Waals surface area contributed by atoms with Crippen molar-refractivity contribution in [1.82, 2.24) is 25.1 Å². The van der Waals surface area contributed by atoms with Gasteiger partial charge in [0.05, 0.1) is 33.7 Å². The van der Waals surface area contributed by atoms with E-state index in [0.29, 0.717) is 0 Å². The number of nitrogens with zero attached hydrogens (tertiary/aromatic N) is 3. The summed E-state index contributed by atoms with van der Waals surface area (Å²) in [6.45, 7) is 1.47. The van der Waals surface area contributed by atoms with E-state index in [-0.39, 0.29) is 27.6 Å². The topological polar surface area (TPSA) is 113 Å². The minimum absolute atomic E-state index is 0.0108. The van der Waals surface area contributed by atoms with E-state index in [2.05, 4.69) is 20.5 Å². The molecule has 0 aliphatic heterocycles. The lowest BCUT2D eigenvalue weighted by atomic mass is 10.1. The van der Waals surface area contributed by atoms with Crippen molar-refractivity contribution in [3.05, 3.63) is 51.2 Å². The van der Waals surface area contributed by atoms with Gasteiger partial charge in [0.25, 0.3) is 12.0 Å². The van der Waals surface area contributed by atoms with Crippen molar-refractivity contribution in [2.75, 3.05) is 0 Å². The Balaban J connectivity index is 2.42. The first-order chi connectivity index (χ1) is 12.3. The highest BCUT2D eigenvalue weighted by Gasteiger charge is 2.25. The third-order valence-electron chi connectivity index (χ3n) is 3.72. The number of fused-ring (bicyclic) bond motifs is 1. The maximum atomic E-state index is 13.5. The van der Waals surface area contributed by atoms with Gasteiger partial charge in [0.1, 0.15) is 11.6 Å². The second kappa shape index (κ2) is 6.71. The fourth-order valence-corrected chi connectivity index (χ4v) is 2.89. The third kappa shape index (κ3) is 2.99. The van der Waals surface area contributed by atoms with Crippen molar-refractivity contribution in [2.24, 2.45) is 0 Å². The summed E-state index contributed by atoms with van der Waals surface area (Å²) in [5.41, 5.74) is -1.45. The fraction of sp³-hybridized carbons (Fsp3) is 0.200. The summed E-state index contributed by atoms with van der Waals surface area (Å²) in [5.74, 6) is 0.162. The average molecular weight is 384 g/mol. The monoisotopic (exact) mass is 383 g/mol. The van der Waals surface area contributed by atoms with Crippen molar-refractivity contribution in [3.63, 3.8) is 0 Å². The lowest BCUT2D eigenvalue weighted by molar-refractivity contribution is 0.153. The summed E-state index contributed by atoms with van der Waals surface area (Å²) in [7, 11) is 0. The lowest BCUT2D eigenvalue weighted by Gasteiger charge is -2.18. The van der Waals surface area contributed by atoms with Crippen molar-refractivity contribution < 1.29 is 18.7 Å². The van der Waals surface area contributed by atoms with E-state index in [0.717, 1.165) is 4.57 Å². The maximum Gasteiger partial charge on any atom is 0.405 e. The van der Waals surface area contributed by atoms with Gasteiger partial charge in [-0.1, -0.05) is 11.6 Å². The molecule has 2 aromatic heterocycles. The molecule has 0 saturated heterocycles. The molecule has 1 atom stereocenters. The molecule has 0 spiro atoms. The van der Waals surface area contributed by atoms with Gasteiger partial charge in [0.2, 0.25) is 0 Å². The summed E-state index contributed by atoms with van der Waals surface area (Å²) < 4.78 is 27.9. The Morgan fingerprint density at radius 1 is 1.38 bits per heavy atom. The number of aromatic nitrogens is 4. The summed E-state index contributed by atoms with van der Waals surface area (Å²) in [6.07, 6.45) is -2.96. The molecule has 0 fully saturated rings. The highest BCUT2D eigenvalue weighted by Crippen LogP contribution is 2.32. The number of halogens is 3. The van der Waals surface area contributed by atoms with E-state index in [9.17, 15) is 18.4 Å². The molecule has 0 saturated carbocycles. The van der Waals surface area contributed by atoms with Gasteiger partial charge in [-0.3, -0.25) is 9.89 Å². The Labute approximate surface area is 149 Å². The minimum Gasteiger partial charge on any atom is -0.465 e. The Kier molecular flexibility index (Phi) is 4.60. The van der Waals surface area contributed by atoms with Gasteiger partial charge in [0, 0.05) is 6.07 Å². The van der Waals surface area contributed by atoms with Crippen LogP contribution in [0.15, 0.2) is 29.2 Å². The summed E-state index contributed by atoms with van der Waals surface area (Å²) in [4.78, 5) is 28.2. The number of carbonyl (C=O) groups is 1. The second-order valence-electron chi connectivity index (χ2n) is 5.38. The van der Waals surface area contributed by atoms with E-state index >= 15 is 0 Å². The Morgan fingerprint density at radius 3 is 2.69 bits per heavy atom. The first kappa shape index (κ1) is 17.8. The smallest absolute Gasteiger partial charge is 0.405 e. The maximum absolute atomic E-state index is 13.5. The van der Waals surface area contributed by atoms with Crippen LogP contribution in [0.5, 0.6) is 0 Å². The van der Waals surface area contributed by atoms with Crippen LogP contribution in [-0.2, 0) is 0 Å². The normalized spacial score (nSPS) is 12.5. The van der Waals surface area contributed by atoms with Crippen LogP contribution in [0.1, 0.15) is 30.8 Å². The lowest BCUT2D eigenvalue weighted by Crippen LogP contribution is -2.33.